The van der Waals surface area contributed by atoms with Gasteiger partial charge < -0.3 is 15.1 Å². The molecular formula is C34H39N7S. The number of rotatable bonds is 9. The molecule has 5 aromatic rings. The van der Waals surface area contributed by atoms with Crippen molar-refractivity contribution in [2.45, 2.75) is 33.0 Å². The van der Waals surface area contributed by atoms with E-state index in [1.807, 2.05) is 36.7 Å². The number of nitrogens with zero attached hydrogens (tertiary/aromatic N) is 6. The van der Waals surface area contributed by atoms with Gasteiger partial charge in [0.05, 0.1) is 11.6 Å². The van der Waals surface area contributed by atoms with Gasteiger partial charge in [-0.2, -0.15) is 0 Å². The molecule has 2 aromatic carbocycles. The number of benzene rings is 2. The number of piperazine rings is 1. The van der Waals surface area contributed by atoms with E-state index in [1.54, 1.807) is 0 Å². The zero-order valence-corrected chi connectivity index (χ0v) is 25.7. The van der Waals surface area contributed by atoms with Crippen molar-refractivity contribution in [2.24, 2.45) is 0 Å². The Labute approximate surface area is 252 Å². The predicted octanol–water partition coefficient (Wildman–Crippen LogP) is 6.62. The van der Waals surface area contributed by atoms with Crippen molar-refractivity contribution in [3.05, 3.63) is 101 Å². The number of hydrogen-bond donors (Lipinski definition) is 1. The van der Waals surface area contributed by atoms with Crippen LogP contribution in [0.2, 0.25) is 0 Å². The van der Waals surface area contributed by atoms with Crippen LogP contribution in [0.15, 0.2) is 79.1 Å². The van der Waals surface area contributed by atoms with Gasteiger partial charge in [-0.1, -0.05) is 30.3 Å². The van der Waals surface area contributed by atoms with Gasteiger partial charge in [-0.3, -0.25) is 9.88 Å². The molecule has 216 valence electrons. The van der Waals surface area contributed by atoms with Gasteiger partial charge in [-0.15, -0.1) is 11.3 Å². The molecular weight excluding hydrogens is 538 g/mol. The second-order valence-corrected chi connectivity index (χ2v) is 12.5. The third kappa shape index (κ3) is 6.46. The molecule has 0 bridgehead atoms. The van der Waals surface area contributed by atoms with Gasteiger partial charge in [0, 0.05) is 72.5 Å². The van der Waals surface area contributed by atoms with Crippen molar-refractivity contribution in [1.82, 2.24) is 24.8 Å². The summed E-state index contributed by atoms with van der Waals surface area (Å²) in [6.07, 6.45) is 3.80. The number of nitrogens with one attached hydrogen (secondary N) is 1. The first-order chi connectivity index (χ1) is 20.4. The van der Waals surface area contributed by atoms with Crippen LogP contribution < -0.4 is 10.2 Å². The van der Waals surface area contributed by atoms with E-state index in [0.717, 1.165) is 61.8 Å². The van der Waals surface area contributed by atoms with E-state index in [-0.39, 0.29) is 6.04 Å². The van der Waals surface area contributed by atoms with Crippen LogP contribution in [0.3, 0.4) is 0 Å². The molecule has 1 aliphatic rings. The van der Waals surface area contributed by atoms with Gasteiger partial charge in [0.2, 0.25) is 0 Å². The zero-order chi connectivity index (χ0) is 29.1. The number of fused-ring (bicyclic) bond motifs is 1. The highest BCUT2D eigenvalue weighted by molar-refractivity contribution is 7.15. The Morgan fingerprint density at radius 2 is 1.79 bits per heavy atom. The van der Waals surface area contributed by atoms with Crippen LogP contribution in [0, 0.1) is 6.92 Å². The molecule has 7 nitrogen and oxygen atoms in total. The summed E-state index contributed by atoms with van der Waals surface area (Å²) in [5.41, 5.74) is 6.12. The Hall–Kier alpha value is -3.85. The first-order valence-corrected chi connectivity index (χ1v) is 15.5. The third-order valence-electron chi connectivity index (χ3n) is 7.83. The third-order valence-corrected chi connectivity index (χ3v) is 9.13. The lowest BCUT2D eigenvalue weighted by atomic mass is 10.1. The number of aryl methyl sites for hydroxylation is 1. The monoisotopic (exact) mass is 577 g/mol. The Morgan fingerprint density at radius 1 is 0.952 bits per heavy atom. The minimum Gasteiger partial charge on any atom is -0.369 e. The van der Waals surface area contributed by atoms with Gasteiger partial charge in [0.1, 0.15) is 11.6 Å². The summed E-state index contributed by atoms with van der Waals surface area (Å²) in [7, 11) is 4.23. The average Bonchev–Trinajstić information content (AvgIpc) is 3.48. The van der Waals surface area contributed by atoms with Crippen molar-refractivity contribution in [3.63, 3.8) is 0 Å². The van der Waals surface area contributed by atoms with Gasteiger partial charge in [0.15, 0.2) is 0 Å². The molecule has 3 aromatic heterocycles. The van der Waals surface area contributed by atoms with E-state index < -0.39 is 0 Å². The maximum absolute atomic E-state index is 4.87. The first kappa shape index (κ1) is 28.3. The van der Waals surface area contributed by atoms with Crippen LogP contribution in [-0.2, 0) is 13.1 Å². The molecule has 1 saturated heterocycles. The number of pyridine rings is 1. The van der Waals surface area contributed by atoms with Gasteiger partial charge in [-0.05, 0) is 81.0 Å². The molecule has 0 amide bonds. The normalized spacial score (nSPS) is 14.9. The summed E-state index contributed by atoms with van der Waals surface area (Å²) in [5, 5.41) is 4.80. The quantitative estimate of drug-likeness (QED) is 0.211. The average molecular weight is 578 g/mol. The molecule has 0 aliphatic carbocycles. The topological polar surface area (TPSA) is 60.4 Å². The molecule has 1 fully saturated rings. The van der Waals surface area contributed by atoms with Crippen LogP contribution in [0.4, 0.5) is 11.5 Å². The molecule has 42 heavy (non-hydrogen) atoms. The SMILES string of the molecule is Cc1nc(NC(C)c2ccc(-c3ccccc3CN(C)C)s2)c2cc(N3CCN(Cc4cccnc4)CC3)ccc2n1. The van der Waals surface area contributed by atoms with Gasteiger partial charge >= 0.3 is 0 Å². The molecule has 1 N–H and O–H groups in total. The van der Waals surface area contributed by atoms with Crippen molar-refractivity contribution in [1.29, 1.82) is 0 Å². The predicted molar refractivity (Wildman–Crippen MR) is 175 cm³/mol. The summed E-state index contributed by atoms with van der Waals surface area (Å²) in [6, 6.07) is 24.1. The summed E-state index contributed by atoms with van der Waals surface area (Å²) in [6.45, 7) is 10.1. The number of anilines is 2. The molecule has 0 spiro atoms. The minimum absolute atomic E-state index is 0.113. The lowest BCUT2D eigenvalue weighted by Gasteiger charge is -2.36. The second-order valence-electron chi connectivity index (χ2n) is 11.4. The van der Waals surface area contributed by atoms with E-state index in [2.05, 4.69) is 107 Å². The van der Waals surface area contributed by atoms with Gasteiger partial charge in [-0.25, -0.2) is 9.97 Å². The lowest BCUT2D eigenvalue weighted by Crippen LogP contribution is -2.45. The van der Waals surface area contributed by atoms with E-state index in [4.69, 9.17) is 9.97 Å². The molecule has 1 aliphatic heterocycles. The number of hydrogen-bond acceptors (Lipinski definition) is 8. The Balaban J connectivity index is 1.19. The number of thiophene rings is 1. The van der Waals surface area contributed by atoms with Crippen molar-refractivity contribution < 1.29 is 0 Å². The van der Waals surface area contributed by atoms with E-state index >= 15 is 0 Å². The smallest absolute Gasteiger partial charge is 0.138 e. The van der Waals surface area contributed by atoms with Crippen molar-refractivity contribution in [3.8, 4) is 10.4 Å². The Bertz CT molecular complexity index is 1640. The molecule has 4 heterocycles. The van der Waals surface area contributed by atoms with Crippen LogP contribution in [-0.4, -0.2) is 65.0 Å². The summed E-state index contributed by atoms with van der Waals surface area (Å²) in [4.78, 5) is 23.7. The Kier molecular flexibility index (Phi) is 8.46. The van der Waals surface area contributed by atoms with E-state index in [9.17, 15) is 0 Å². The molecule has 0 saturated carbocycles. The largest absolute Gasteiger partial charge is 0.369 e. The summed E-state index contributed by atoms with van der Waals surface area (Å²) < 4.78 is 0. The highest BCUT2D eigenvalue weighted by atomic mass is 32.1. The fourth-order valence-electron chi connectivity index (χ4n) is 5.70. The maximum Gasteiger partial charge on any atom is 0.138 e. The zero-order valence-electron chi connectivity index (χ0n) is 24.9. The molecule has 8 heteroatoms. The highest BCUT2D eigenvalue weighted by Crippen LogP contribution is 2.36. The van der Waals surface area contributed by atoms with Crippen LogP contribution in [0.1, 0.15) is 34.8 Å². The second kappa shape index (κ2) is 12.6. The van der Waals surface area contributed by atoms with Crippen LogP contribution >= 0.6 is 11.3 Å². The number of aromatic nitrogens is 3. The van der Waals surface area contributed by atoms with Crippen LogP contribution in [0.25, 0.3) is 21.3 Å². The molecule has 0 radical (unpaired) electrons. The minimum atomic E-state index is 0.113. The van der Waals surface area contributed by atoms with E-state index in [1.165, 1.54) is 32.1 Å². The van der Waals surface area contributed by atoms with Crippen molar-refractivity contribution in [2.75, 3.05) is 50.5 Å². The fourth-order valence-corrected chi connectivity index (χ4v) is 6.77. The molecule has 1 unspecified atom stereocenters. The summed E-state index contributed by atoms with van der Waals surface area (Å²) in [5.74, 6) is 1.67. The standard InChI is InChI=1S/C34H39N7S/c1-24(32-13-14-33(42-32)29-10-6-5-9-27(29)23-39(3)4)36-34-30-20-28(11-12-31(30)37-25(2)38-34)41-18-16-40(17-19-41)22-26-8-7-15-35-21-26/h5-15,20-21,24H,16-19,22-23H2,1-4H3,(H,36,37,38). The lowest BCUT2D eigenvalue weighted by molar-refractivity contribution is 0.249. The van der Waals surface area contributed by atoms with Crippen molar-refractivity contribution >= 4 is 33.7 Å². The van der Waals surface area contributed by atoms with Gasteiger partial charge in [0.25, 0.3) is 0 Å². The summed E-state index contributed by atoms with van der Waals surface area (Å²) >= 11 is 1.85. The highest BCUT2D eigenvalue weighted by Gasteiger charge is 2.20. The molecule has 1 atom stereocenters. The Morgan fingerprint density at radius 3 is 2.57 bits per heavy atom. The van der Waals surface area contributed by atoms with E-state index in [0.29, 0.717) is 0 Å². The molecule has 6 rings (SSSR count). The maximum atomic E-state index is 4.87. The first-order valence-electron chi connectivity index (χ1n) is 14.7. The van der Waals surface area contributed by atoms with Crippen LogP contribution in [0.5, 0.6) is 0 Å². The fraction of sp³-hybridized carbons (Fsp3) is 0.324.